The summed E-state index contributed by atoms with van der Waals surface area (Å²) in [7, 11) is 1.95. The van der Waals surface area contributed by atoms with E-state index in [-0.39, 0.29) is 0 Å². The maximum atomic E-state index is 6.38. The molecule has 0 aromatic carbocycles. The molecule has 0 amide bonds. The molecular formula is C14H20ClN3S. The Morgan fingerprint density at radius 3 is 2.84 bits per heavy atom. The first-order valence-corrected chi connectivity index (χ1v) is 7.82. The molecule has 0 bridgehead atoms. The minimum atomic E-state index is 0.330. The van der Waals surface area contributed by atoms with Crippen molar-refractivity contribution in [3.8, 4) is 0 Å². The van der Waals surface area contributed by atoms with Crippen molar-refractivity contribution in [3.63, 3.8) is 0 Å². The Kier molecular flexibility index (Phi) is 5.02. The Morgan fingerprint density at radius 2 is 2.32 bits per heavy atom. The van der Waals surface area contributed by atoms with Gasteiger partial charge in [-0.1, -0.05) is 18.5 Å². The van der Waals surface area contributed by atoms with Gasteiger partial charge >= 0.3 is 0 Å². The quantitative estimate of drug-likeness (QED) is 0.880. The zero-order chi connectivity index (χ0) is 13.8. The minimum absolute atomic E-state index is 0.330. The molecule has 0 saturated carbocycles. The second kappa shape index (κ2) is 6.55. The lowest BCUT2D eigenvalue weighted by Gasteiger charge is -2.16. The average Bonchev–Trinajstić information content (AvgIpc) is 2.94. The topological polar surface area (TPSA) is 29.9 Å². The number of hydrogen-bond donors (Lipinski definition) is 1. The molecule has 0 fully saturated rings. The molecule has 2 heterocycles. The van der Waals surface area contributed by atoms with Gasteiger partial charge in [-0.3, -0.25) is 4.68 Å². The van der Waals surface area contributed by atoms with E-state index in [0.717, 1.165) is 24.4 Å². The third-order valence-corrected chi connectivity index (χ3v) is 5.00. The van der Waals surface area contributed by atoms with Crippen molar-refractivity contribution in [1.82, 2.24) is 15.1 Å². The van der Waals surface area contributed by atoms with E-state index in [1.54, 1.807) is 11.3 Å². The van der Waals surface area contributed by atoms with Crippen LogP contribution >= 0.6 is 22.9 Å². The first kappa shape index (κ1) is 14.6. The number of nitrogens with zero attached hydrogens (tertiary/aromatic N) is 2. The van der Waals surface area contributed by atoms with Crippen molar-refractivity contribution >= 4 is 22.9 Å². The standard InChI is InChI=1S/C14H20ClN3S/c1-4-16-12(14-13(15)10(2)9-19-14)6-5-11-7-17-18(3)8-11/h7-9,12,16H,4-6H2,1-3H3. The number of nitrogens with one attached hydrogen (secondary N) is 1. The molecule has 0 aliphatic rings. The van der Waals surface area contributed by atoms with Crippen LogP contribution in [0.5, 0.6) is 0 Å². The van der Waals surface area contributed by atoms with E-state index in [1.807, 2.05) is 17.9 Å². The summed E-state index contributed by atoms with van der Waals surface area (Å²) in [5.74, 6) is 0. The summed E-state index contributed by atoms with van der Waals surface area (Å²) in [5, 5.41) is 10.8. The van der Waals surface area contributed by atoms with Crippen LogP contribution in [-0.4, -0.2) is 16.3 Å². The van der Waals surface area contributed by atoms with Crippen LogP contribution < -0.4 is 5.32 Å². The van der Waals surface area contributed by atoms with E-state index in [4.69, 9.17) is 11.6 Å². The highest BCUT2D eigenvalue weighted by molar-refractivity contribution is 7.10. The van der Waals surface area contributed by atoms with Crippen LogP contribution in [0.1, 0.15) is 35.4 Å². The van der Waals surface area contributed by atoms with Gasteiger partial charge in [0.05, 0.1) is 11.2 Å². The van der Waals surface area contributed by atoms with Gasteiger partial charge in [0.2, 0.25) is 0 Å². The number of rotatable bonds is 6. The van der Waals surface area contributed by atoms with Crippen LogP contribution in [0.15, 0.2) is 17.8 Å². The first-order chi connectivity index (χ1) is 9.11. The predicted octanol–water partition coefficient (Wildman–Crippen LogP) is 3.73. The Morgan fingerprint density at radius 1 is 1.53 bits per heavy atom. The zero-order valence-electron chi connectivity index (χ0n) is 11.6. The van der Waals surface area contributed by atoms with Gasteiger partial charge in [-0.25, -0.2) is 0 Å². The monoisotopic (exact) mass is 297 g/mol. The van der Waals surface area contributed by atoms with Crippen molar-refractivity contribution in [2.24, 2.45) is 7.05 Å². The fraction of sp³-hybridized carbons (Fsp3) is 0.500. The Bertz CT molecular complexity index is 533. The molecule has 1 N–H and O–H groups in total. The van der Waals surface area contributed by atoms with Crippen LogP contribution in [0.4, 0.5) is 0 Å². The SMILES string of the molecule is CCNC(CCc1cnn(C)c1)c1scc(C)c1Cl. The molecule has 0 saturated heterocycles. The number of hydrogen-bond acceptors (Lipinski definition) is 3. The van der Waals surface area contributed by atoms with Crippen LogP contribution in [0.3, 0.4) is 0 Å². The minimum Gasteiger partial charge on any atom is -0.309 e. The predicted molar refractivity (Wildman–Crippen MR) is 82.0 cm³/mol. The highest BCUT2D eigenvalue weighted by atomic mass is 35.5. The molecule has 0 aliphatic heterocycles. The fourth-order valence-corrected chi connectivity index (χ4v) is 3.61. The van der Waals surface area contributed by atoms with Crippen LogP contribution in [0, 0.1) is 6.92 Å². The van der Waals surface area contributed by atoms with E-state index in [1.165, 1.54) is 16.0 Å². The summed E-state index contributed by atoms with van der Waals surface area (Å²) < 4.78 is 1.85. The summed E-state index contributed by atoms with van der Waals surface area (Å²) >= 11 is 8.13. The Balaban J connectivity index is 2.06. The molecule has 104 valence electrons. The fourth-order valence-electron chi connectivity index (χ4n) is 2.17. The lowest BCUT2D eigenvalue weighted by molar-refractivity contribution is 0.523. The molecule has 1 unspecified atom stereocenters. The van der Waals surface area contributed by atoms with Gasteiger partial charge in [0, 0.05) is 24.2 Å². The highest BCUT2D eigenvalue weighted by Crippen LogP contribution is 2.34. The molecule has 2 aromatic rings. The van der Waals surface area contributed by atoms with Gasteiger partial charge < -0.3 is 5.32 Å². The number of thiophene rings is 1. The Labute approximate surface area is 123 Å². The van der Waals surface area contributed by atoms with E-state index in [0.29, 0.717) is 6.04 Å². The molecule has 19 heavy (non-hydrogen) atoms. The Hall–Kier alpha value is -0.840. The molecule has 0 radical (unpaired) electrons. The third kappa shape index (κ3) is 3.59. The van der Waals surface area contributed by atoms with Crippen molar-refractivity contribution in [2.75, 3.05) is 6.54 Å². The summed E-state index contributed by atoms with van der Waals surface area (Å²) in [6.45, 7) is 5.14. The third-order valence-electron chi connectivity index (χ3n) is 3.17. The van der Waals surface area contributed by atoms with Gasteiger partial charge in [0.15, 0.2) is 0 Å². The smallest absolute Gasteiger partial charge is 0.0590 e. The molecule has 0 aliphatic carbocycles. The molecule has 5 heteroatoms. The van der Waals surface area contributed by atoms with Gasteiger partial charge in [-0.05, 0) is 42.8 Å². The van der Waals surface area contributed by atoms with Crippen molar-refractivity contribution in [1.29, 1.82) is 0 Å². The van der Waals surface area contributed by atoms with E-state index < -0.39 is 0 Å². The summed E-state index contributed by atoms with van der Waals surface area (Å²) in [5.41, 5.74) is 2.45. The van der Waals surface area contributed by atoms with Crippen molar-refractivity contribution < 1.29 is 0 Å². The van der Waals surface area contributed by atoms with Gasteiger partial charge in [-0.2, -0.15) is 5.10 Å². The van der Waals surface area contributed by atoms with Crippen LogP contribution in [0.25, 0.3) is 0 Å². The normalized spacial score (nSPS) is 12.8. The van der Waals surface area contributed by atoms with Crippen LogP contribution in [0.2, 0.25) is 5.02 Å². The van der Waals surface area contributed by atoms with Gasteiger partial charge in [0.25, 0.3) is 0 Å². The summed E-state index contributed by atoms with van der Waals surface area (Å²) in [4.78, 5) is 1.25. The van der Waals surface area contributed by atoms with E-state index in [9.17, 15) is 0 Å². The van der Waals surface area contributed by atoms with Gasteiger partial charge in [0.1, 0.15) is 0 Å². The first-order valence-electron chi connectivity index (χ1n) is 6.56. The van der Waals surface area contributed by atoms with Crippen molar-refractivity contribution in [2.45, 2.75) is 32.7 Å². The second-order valence-corrected chi connectivity index (χ2v) is 6.06. The van der Waals surface area contributed by atoms with E-state index in [2.05, 4.69) is 35.8 Å². The second-order valence-electron chi connectivity index (χ2n) is 4.77. The maximum Gasteiger partial charge on any atom is 0.0590 e. The maximum absolute atomic E-state index is 6.38. The number of aromatic nitrogens is 2. The molecule has 1 atom stereocenters. The van der Waals surface area contributed by atoms with Crippen molar-refractivity contribution in [3.05, 3.63) is 38.8 Å². The van der Waals surface area contributed by atoms with Crippen LogP contribution in [-0.2, 0) is 13.5 Å². The lowest BCUT2D eigenvalue weighted by Crippen LogP contribution is -2.20. The molecule has 2 rings (SSSR count). The lowest BCUT2D eigenvalue weighted by atomic mass is 10.1. The molecule has 2 aromatic heterocycles. The highest BCUT2D eigenvalue weighted by Gasteiger charge is 2.17. The number of halogens is 1. The average molecular weight is 298 g/mol. The molecule has 0 spiro atoms. The summed E-state index contributed by atoms with van der Waals surface area (Å²) in [6.07, 6.45) is 6.06. The molecular weight excluding hydrogens is 278 g/mol. The zero-order valence-corrected chi connectivity index (χ0v) is 13.2. The van der Waals surface area contributed by atoms with Gasteiger partial charge in [-0.15, -0.1) is 11.3 Å². The molecule has 3 nitrogen and oxygen atoms in total. The van der Waals surface area contributed by atoms with E-state index >= 15 is 0 Å². The largest absolute Gasteiger partial charge is 0.309 e. The summed E-state index contributed by atoms with van der Waals surface area (Å²) in [6, 6.07) is 0.330. The number of aryl methyl sites for hydroxylation is 3.